The molecular formula is C19H24IN. The maximum absolute atomic E-state index is 3.63. The molecule has 0 aliphatic carbocycles. The Morgan fingerprint density at radius 2 is 1.76 bits per heavy atom. The molecular weight excluding hydrogens is 369 g/mol. The van der Waals surface area contributed by atoms with Crippen LogP contribution in [0.1, 0.15) is 48.6 Å². The van der Waals surface area contributed by atoms with Gasteiger partial charge in [0.15, 0.2) is 0 Å². The molecule has 0 aliphatic rings. The van der Waals surface area contributed by atoms with Gasteiger partial charge in [0.25, 0.3) is 0 Å². The van der Waals surface area contributed by atoms with Crippen LogP contribution in [0.5, 0.6) is 0 Å². The van der Waals surface area contributed by atoms with Crippen molar-refractivity contribution in [1.29, 1.82) is 0 Å². The maximum Gasteiger partial charge on any atom is 0.0587 e. The van der Waals surface area contributed by atoms with Crippen molar-refractivity contribution in [3.63, 3.8) is 0 Å². The second kappa shape index (κ2) is 7.95. The first-order valence-corrected chi connectivity index (χ1v) is 8.82. The average Bonchev–Trinajstić information content (AvgIpc) is 2.49. The zero-order valence-electron chi connectivity index (χ0n) is 13.1. The molecule has 0 saturated carbocycles. The van der Waals surface area contributed by atoms with Gasteiger partial charge in [0.1, 0.15) is 0 Å². The number of rotatable bonds is 6. The Hall–Kier alpha value is -0.870. The van der Waals surface area contributed by atoms with E-state index in [-0.39, 0.29) is 6.04 Å². The first-order valence-electron chi connectivity index (χ1n) is 7.74. The summed E-state index contributed by atoms with van der Waals surface area (Å²) < 4.78 is 1.36. The van der Waals surface area contributed by atoms with Crippen LogP contribution in [0.3, 0.4) is 0 Å². The predicted molar refractivity (Wildman–Crippen MR) is 99.9 cm³/mol. The van der Waals surface area contributed by atoms with E-state index in [9.17, 15) is 0 Å². The van der Waals surface area contributed by atoms with Gasteiger partial charge < -0.3 is 5.32 Å². The molecule has 0 heterocycles. The Balaban J connectivity index is 2.36. The van der Waals surface area contributed by atoms with Gasteiger partial charge in [0.05, 0.1) is 6.04 Å². The molecule has 0 amide bonds. The third kappa shape index (κ3) is 4.07. The fourth-order valence-corrected chi connectivity index (χ4v) is 3.34. The van der Waals surface area contributed by atoms with E-state index < -0.39 is 0 Å². The molecule has 0 bridgehead atoms. The number of nitrogens with one attached hydrogen (secondary N) is 1. The highest BCUT2D eigenvalue weighted by atomic mass is 127. The predicted octanol–water partition coefficient (Wildman–Crippen LogP) is 5.25. The van der Waals surface area contributed by atoms with E-state index in [1.165, 1.54) is 32.2 Å². The summed E-state index contributed by atoms with van der Waals surface area (Å²) in [7, 11) is 0. The van der Waals surface area contributed by atoms with Crippen molar-refractivity contribution in [1.82, 2.24) is 5.32 Å². The van der Waals surface area contributed by atoms with Crippen LogP contribution in [-0.2, 0) is 6.42 Å². The molecule has 2 aromatic rings. The third-order valence-corrected chi connectivity index (χ3v) is 5.27. The lowest BCUT2D eigenvalue weighted by molar-refractivity contribution is 0.627. The van der Waals surface area contributed by atoms with Crippen LogP contribution in [0.2, 0.25) is 0 Å². The Bertz CT molecular complexity index is 575. The molecule has 1 nitrogen and oxygen atoms in total. The standard InChI is InChI=1S/C19H24IN/c1-4-7-15-10-12-16(13-11-15)19(21-5-2)17-9-6-8-14(3)18(17)20/h6,8-13,19,21H,4-5,7H2,1-3H3. The molecule has 1 unspecified atom stereocenters. The summed E-state index contributed by atoms with van der Waals surface area (Å²) in [6.45, 7) is 7.54. The molecule has 1 atom stereocenters. The summed E-state index contributed by atoms with van der Waals surface area (Å²) in [6.07, 6.45) is 2.36. The van der Waals surface area contributed by atoms with Crippen LogP contribution < -0.4 is 5.32 Å². The SMILES string of the molecule is CCCc1ccc(C(NCC)c2cccc(C)c2I)cc1. The van der Waals surface area contributed by atoms with Gasteiger partial charge >= 0.3 is 0 Å². The van der Waals surface area contributed by atoms with E-state index in [1.807, 2.05) is 0 Å². The van der Waals surface area contributed by atoms with Gasteiger partial charge in [-0.05, 0) is 64.7 Å². The topological polar surface area (TPSA) is 12.0 Å². The second-order valence-corrected chi connectivity index (χ2v) is 6.54. The molecule has 0 spiro atoms. The lowest BCUT2D eigenvalue weighted by Crippen LogP contribution is -2.23. The normalized spacial score (nSPS) is 12.4. The van der Waals surface area contributed by atoms with Crippen LogP contribution in [0.4, 0.5) is 0 Å². The van der Waals surface area contributed by atoms with E-state index >= 15 is 0 Å². The minimum absolute atomic E-state index is 0.275. The molecule has 1 N–H and O–H groups in total. The van der Waals surface area contributed by atoms with Gasteiger partial charge in [-0.1, -0.05) is 62.7 Å². The Kier molecular flexibility index (Phi) is 6.24. The van der Waals surface area contributed by atoms with Gasteiger partial charge in [0.2, 0.25) is 0 Å². The second-order valence-electron chi connectivity index (χ2n) is 5.46. The van der Waals surface area contributed by atoms with Crippen molar-refractivity contribution in [3.05, 3.63) is 68.3 Å². The quantitative estimate of drug-likeness (QED) is 0.661. The van der Waals surface area contributed by atoms with Crippen LogP contribution in [-0.4, -0.2) is 6.54 Å². The Morgan fingerprint density at radius 3 is 2.38 bits per heavy atom. The van der Waals surface area contributed by atoms with Crippen LogP contribution >= 0.6 is 22.6 Å². The molecule has 0 saturated heterocycles. The zero-order chi connectivity index (χ0) is 15.2. The lowest BCUT2D eigenvalue weighted by atomic mass is 9.96. The zero-order valence-corrected chi connectivity index (χ0v) is 15.3. The number of hydrogen-bond donors (Lipinski definition) is 1. The molecule has 0 radical (unpaired) electrons. The van der Waals surface area contributed by atoms with Crippen LogP contribution in [0, 0.1) is 10.5 Å². The van der Waals surface area contributed by atoms with E-state index in [0.29, 0.717) is 0 Å². The van der Waals surface area contributed by atoms with Gasteiger partial charge in [0, 0.05) is 3.57 Å². The summed E-state index contributed by atoms with van der Waals surface area (Å²) in [5.41, 5.74) is 5.50. The Labute approximate surface area is 142 Å². The smallest absolute Gasteiger partial charge is 0.0587 e. The number of aryl methyl sites for hydroxylation is 2. The molecule has 2 rings (SSSR count). The van der Waals surface area contributed by atoms with E-state index in [1.54, 1.807) is 0 Å². The molecule has 21 heavy (non-hydrogen) atoms. The van der Waals surface area contributed by atoms with Crippen molar-refractivity contribution in [2.75, 3.05) is 6.54 Å². The van der Waals surface area contributed by atoms with Crippen LogP contribution in [0.15, 0.2) is 42.5 Å². The molecule has 0 fully saturated rings. The summed E-state index contributed by atoms with van der Waals surface area (Å²) >= 11 is 2.47. The van der Waals surface area contributed by atoms with Gasteiger partial charge in [-0.25, -0.2) is 0 Å². The van der Waals surface area contributed by atoms with Crippen molar-refractivity contribution in [2.24, 2.45) is 0 Å². The van der Waals surface area contributed by atoms with Crippen LogP contribution in [0.25, 0.3) is 0 Å². The van der Waals surface area contributed by atoms with E-state index in [2.05, 4.69) is 91.1 Å². The third-order valence-electron chi connectivity index (χ3n) is 3.79. The van der Waals surface area contributed by atoms with Crippen molar-refractivity contribution in [3.8, 4) is 0 Å². The summed E-state index contributed by atoms with van der Waals surface area (Å²) in [4.78, 5) is 0. The minimum Gasteiger partial charge on any atom is -0.306 e. The summed E-state index contributed by atoms with van der Waals surface area (Å²) in [5.74, 6) is 0. The number of halogens is 1. The first-order chi connectivity index (χ1) is 10.2. The summed E-state index contributed by atoms with van der Waals surface area (Å²) in [6, 6.07) is 15.9. The maximum atomic E-state index is 3.63. The highest BCUT2D eigenvalue weighted by Crippen LogP contribution is 2.28. The van der Waals surface area contributed by atoms with Gasteiger partial charge in [-0.2, -0.15) is 0 Å². The van der Waals surface area contributed by atoms with Crippen molar-refractivity contribution >= 4 is 22.6 Å². The van der Waals surface area contributed by atoms with Crippen molar-refractivity contribution in [2.45, 2.75) is 39.7 Å². The van der Waals surface area contributed by atoms with Gasteiger partial charge in [-0.3, -0.25) is 0 Å². The van der Waals surface area contributed by atoms with E-state index in [0.717, 1.165) is 13.0 Å². The van der Waals surface area contributed by atoms with Crippen molar-refractivity contribution < 1.29 is 0 Å². The fraction of sp³-hybridized carbons (Fsp3) is 0.368. The molecule has 112 valence electrons. The monoisotopic (exact) mass is 393 g/mol. The number of benzene rings is 2. The molecule has 2 heteroatoms. The summed E-state index contributed by atoms with van der Waals surface area (Å²) in [5, 5.41) is 3.63. The highest BCUT2D eigenvalue weighted by Gasteiger charge is 2.16. The molecule has 2 aromatic carbocycles. The highest BCUT2D eigenvalue weighted by molar-refractivity contribution is 14.1. The van der Waals surface area contributed by atoms with E-state index in [4.69, 9.17) is 0 Å². The lowest BCUT2D eigenvalue weighted by Gasteiger charge is -2.21. The molecule has 0 aliphatic heterocycles. The Morgan fingerprint density at radius 1 is 1.05 bits per heavy atom. The fourth-order valence-electron chi connectivity index (χ4n) is 2.67. The minimum atomic E-state index is 0.275. The first kappa shape index (κ1) is 16.5. The number of hydrogen-bond acceptors (Lipinski definition) is 1. The average molecular weight is 393 g/mol. The molecule has 0 aromatic heterocycles. The van der Waals surface area contributed by atoms with Gasteiger partial charge in [-0.15, -0.1) is 0 Å². The largest absolute Gasteiger partial charge is 0.306 e.